The first kappa shape index (κ1) is 40.6. The smallest absolute Gasteiger partial charge is 0.335 e. The number of benzene rings is 4. The quantitative estimate of drug-likeness (QED) is 0.0956. The summed E-state index contributed by atoms with van der Waals surface area (Å²) in [6.07, 6.45) is 0. The maximum atomic E-state index is 10.7. The fourth-order valence-electron chi connectivity index (χ4n) is 5.36. The normalized spacial score (nSPS) is 11.0. The Morgan fingerprint density at radius 3 is 0.958 bits per heavy atom. The van der Waals surface area contributed by atoms with Gasteiger partial charge in [-0.1, -0.05) is 82.3 Å². The lowest BCUT2D eigenvalue weighted by molar-refractivity contribution is -0.936. The Morgan fingerprint density at radius 2 is 0.729 bits per heavy atom. The average molecular weight is 691 g/mol. The summed E-state index contributed by atoms with van der Waals surface area (Å²) in [4.78, 5) is 23.3. The lowest BCUT2D eigenvalue weighted by atomic mass is 10.2. The van der Waals surface area contributed by atoms with E-state index in [1.54, 1.807) is 48.5 Å². The van der Waals surface area contributed by atoms with Crippen molar-refractivity contribution in [2.75, 3.05) is 39.3 Å². The van der Waals surface area contributed by atoms with Crippen molar-refractivity contribution in [3.05, 3.63) is 131 Å². The number of quaternary nitrogens is 2. The first-order chi connectivity index (χ1) is 23.1. The van der Waals surface area contributed by atoms with Crippen LogP contribution in [-0.4, -0.2) is 70.4 Å². The van der Waals surface area contributed by atoms with Gasteiger partial charge in [0, 0.05) is 20.9 Å². The van der Waals surface area contributed by atoms with E-state index in [2.05, 4.69) is 102 Å². The monoisotopic (exact) mass is 690 g/mol. The lowest BCUT2D eigenvalue weighted by Gasteiger charge is -2.35. The van der Waals surface area contributed by atoms with Crippen LogP contribution in [0.15, 0.2) is 119 Å². The van der Waals surface area contributed by atoms with E-state index in [9.17, 15) is 9.59 Å². The highest BCUT2D eigenvalue weighted by Gasteiger charge is 2.21. The number of aromatic carboxylic acids is 2. The molecule has 0 unspecified atom stereocenters. The molecule has 0 bridgehead atoms. The number of carboxylic acids is 2. The third-order valence-electron chi connectivity index (χ3n) is 9.18. The minimum Gasteiger partial charge on any atom is -0.478 e. The van der Waals surface area contributed by atoms with Gasteiger partial charge < -0.3 is 19.2 Å². The van der Waals surface area contributed by atoms with Crippen LogP contribution in [-0.2, 0) is 13.1 Å². The van der Waals surface area contributed by atoms with Crippen LogP contribution in [0.3, 0.4) is 0 Å². The van der Waals surface area contributed by atoms with Gasteiger partial charge in [0.05, 0.1) is 50.4 Å². The van der Waals surface area contributed by atoms with Gasteiger partial charge in [-0.2, -0.15) is 0 Å². The SMILES string of the molecule is CC[N+](CC)(CC)Cc1ccccc1.CC[N+](CC)(CC)Cc1ccccc1.O=C(O)c1ccc(SSc2ccc(C(=O)O)cc2)cc1. The van der Waals surface area contributed by atoms with Crippen molar-refractivity contribution < 1.29 is 28.8 Å². The Morgan fingerprint density at radius 1 is 0.458 bits per heavy atom. The fraction of sp³-hybridized carbons (Fsp3) is 0.350. The van der Waals surface area contributed by atoms with Crippen molar-refractivity contribution in [2.45, 2.75) is 64.4 Å². The summed E-state index contributed by atoms with van der Waals surface area (Å²) in [6, 6.07) is 34.8. The second kappa shape index (κ2) is 21.4. The van der Waals surface area contributed by atoms with Gasteiger partial charge in [-0.15, -0.1) is 0 Å². The molecule has 8 heteroatoms. The van der Waals surface area contributed by atoms with Crippen LogP contribution in [0, 0.1) is 0 Å². The Labute approximate surface area is 296 Å². The standard InChI is InChI=1S/C14H10O4S2.2C13H22N/c15-13(16)9-1-5-11(6-2-9)19-20-12-7-3-10(4-8-12)14(17)18;2*1-4-14(5-2,6-3)12-13-10-8-7-9-11-13/h1-8H,(H,15,16)(H,17,18);2*7-11H,4-6,12H2,1-3H3/q;2*+1. The van der Waals surface area contributed by atoms with E-state index < -0.39 is 11.9 Å². The molecule has 2 N–H and O–H groups in total. The molecule has 0 heterocycles. The van der Waals surface area contributed by atoms with E-state index in [4.69, 9.17) is 10.2 Å². The van der Waals surface area contributed by atoms with Crippen LogP contribution in [0.1, 0.15) is 73.4 Å². The van der Waals surface area contributed by atoms with E-state index in [1.807, 2.05) is 0 Å². The Kier molecular flexibility index (Phi) is 18.1. The van der Waals surface area contributed by atoms with Crippen molar-refractivity contribution in [3.8, 4) is 0 Å². The van der Waals surface area contributed by atoms with Crippen molar-refractivity contribution in [1.82, 2.24) is 0 Å². The summed E-state index contributed by atoms with van der Waals surface area (Å²) in [5.41, 5.74) is 3.42. The number of carboxylic acid groups (broad SMARTS) is 2. The van der Waals surface area contributed by atoms with E-state index in [-0.39, 0.29) is 11.1 Å². The Hall–Kier alpha value is -3.56. The highest BCUT2D eigenvalue weighted by atomic mass is 33.1. The van der Waals surface area contributed by atoms with Crippen LogP contribution >= 0.6 is 21.6 Å². The third kappa shape index (κ3) is 13.5. The molecule has 4 aromatic rings. The number of rotatable bonds is 15. The first-order valence-corrected chi connectivity index (χ1v) is 19.0. The molecule has 0 aliphatic heterocycles. The number of hydrogen-bond acceptors (Lipinski definition) is 4. The Balaban J connectivity index is 0.000000257. The van der Waals surface area contributed by atoms with Crippen LogP contribution in [0.25, 0.3) is 0 Å². The minimum atomic E-state index is -0.946. The molecule has 0 saturated heterocycles. The largest absolute Gasteiger partial charge is 0.478 e. The number of nitrogens with zero attached hydrogens (tertiary/aromatic N) is 2. The number of carbonyl (C=O) groups is 2. The van der Waals surface area contributed by atoms with E-state index in [1.165, 1.54) is 94.0 Å². The molecule has 0 fully saturated rings. The second-order valence-corrected chi connectivity index (χ2v) is 14.0. The van der Waals surface area contributed by atoms with Crippen LogP contribution < -0.4 is 0 Å². The molecule has 0 spiro atoms. The zero-order valence-corrected chi connectivity index (χ0v) is 31.1. The van der Waals surface area contributed by atoms with Gasteiger partial charge in [0.15, 0.2) is 0 Å². The first-order valence-electron chi connectivity index (χ1n) is 16.9. The molecule has 6 nitrogen and oxygen atoms in total. The molecule has 0 atom stereocenters. The molecule has 48 heavy (non-hydrogen) atoms. The van der Waals surface area contributed by atoms with Crippen LogP contribution in [0.4, 0.5) is 0 Å². The molecule has 258 valence electrons. The lowest BCUT2D eigenvalue weighted by Crippen LogP contribution is -2.46. The zero-order valence-electron chi connectivity index (χ0n) is 29.5. The van der Waals surface area contributed by atoms with Crippen molar-refractivity contribution in [2.24, 2.45) is 0 Å². The Bertz CT molecular complexity index is 1340. The van der Waals surface area contributed by atoms with Gasteiger partial charge in [-0.25, -0.2) is 9.59 Å². The van der Waals surface area contributed by atoms with Gasteiger partial charge in [-0.3, -0.25) is 0 Å². The minimum absolute atomic E-state index is 0.255. The zero-order chi connectivity index (χ0) is 35.4. The maximum Gasteiger partial charge on any atom is 0.335 e. The topological polar surface area (TPSA) is 74.6 Å². The van der Waals surface area contributed by atoms with Crippen LogP contribution in [0.2, 0.25) is 0 Å². The molecular weight excluding hydrogens is 637 g/mol. The summed E-state index contributed by atoms with van der Waals surface area (Å²) in [7, 11) is 2.97. The predicted octanol–water partition coefficient (Wildman–Crippen LogP) is 10.0. The van der Waals surface area contributed by atoms with E-state index in [0.717, 1.165) is 9.79 Å². The van der Waals surface area contributed by atoms with E-state index in [0.29, 0.717) is 0 Å². The number of hydrogen-bond donors (Lipinski definition) is 2. The molecule has 0 aromatic heterocycles. The fourth-order valence-corrected chi connectivity index (χ4v) is 7.29. The maximum absolute atomic E-state index is 10.7. The highest BCUT2D eigenvalue weighted by Crippen LogP contribution is 2.37. The van der Waals surface area contributed by atoms with Gasteiger partial charge in [0.1, 0.15) is 13.1 Å². The van der Waals surface area contributed by atoms with Crippen LogP contribution in [0.5, 0.6) is 0 Å². The highest BCUT2D eigenvalue weighted by molar-refractivity contribution is 8.76. The van der Waals surface area contributed by atoms with Crippen molar-refractivity contribution >= 4 is 33.5 Å². The van der Waals surface area contributed by atoms with Gasteiger partial charge in [-0.05, 0) is 90.1 Å². The molecule has 0 aliphatic rings. The van der Waals surface area contributed by atoms with Gasteiger partial charge in [0.2, 0.25) is 0 Å². The molecule has 0 aliphatic carbocycles. The summed E-state index contributed by atoms with van der Waals surface area (Å²) in [6.45, 7) is 23.4. The third-order valence-corrected chi connectivity index (χ3v) is 11.6. The predicted molar refractivity (Wildman–Crippen MR) is 203 cm³/mol. The summed E-state index contributed by atoms with van der Waals surface area (Å²) in [5, 5.41) is 17.6. The second-order valence-electron chi connectivity index (χ2n) is 11.7. The molecule has 4 rings (SSSR count). The molecule has 0 saturated carbocycles. The summed E-state index contributed by atoms with van der Waals surface area (Å²) >= 11 is 0. The van der Waals surface area contributed by atoms with E-state index >= 15 is 0 Å². The summed E-state index contributed by atoms with van der Waals surface area (Å²) < 4.78 is 2.40. The van der Waals surface area contributed by atoms with Crippen molar-refractivity contribution in [1.29, 1.82) is 0 Å². The van der Waals surface area contributed by atoms with Gasteiger partial charge in [0.25, 0.3) is 0 Å². The van der Waals surface area contributed by atoms with Crippen molar-refractivity contribution in [3.63, 3.8) is 0 Å². The molecule has 4 aromatic carbocycles. The average Bonchev–Trinajstić information content (AvgIpc) is 3.14. The molecule has 0 radical (unpaired) electrons. The van der Waals surface area contributed by atoms with Gasteiger partial charge >= 0.3 is 11.9 Å². The molecular formula is C40H54N2O4S2+2. The molecule has 0 amide bonds. The summed E-state index contributed by atoms with van der Waals surface area (Å²) in [5.74, 6) is -1.89.